The van der Waals surface area contributed by atoms with E-state index in [0.717, 1.165) is 0 Å². The number of piperidine rings is 1. The van der Waals surface area contributed by atoms with Crippen LogP contribution in [0.1, 0.15) is 64.6 Å². The summed E-state index contributed by atoms with van der Waals surface area (Å²) in [4.78, 5) is 18.3. The molecular weight excluding hydrogens is 284 g/mol. The van der Waals surface area contributed by atoms with Gasteiger partial charge in [-0.25, -0.2) is 4.79 Å². The second-order valence-corrected chi connectivity index (χ2v) is 7.13. The molecule has 0 spiro atoms. The molecule has 2 heterocycles. The number of nitrogens with zero attached hydrogens (tertiary/aromatic N) is 3. The third-order valence-corrected chi connectivity index (χ3v) is 3.61. The Bertz CT molecular complexity index is 521. The van der Waals surface area contributed by atoms with Crippen LogP contribution in [0, 0.1) is 0 Å². The first-order valence-corrected chi connectivity index (χ1v) is 7.74. The number of carbonyl (C=O) groups excluding carboxylic acids is 1. The van der Waals surface area contributed by atoms with Crippen LogP contribution in [0.15, 0.2) is 4.52 Å². The van der Waals surface area contributed by atoms with Crippen LogP contribution in [0.25, 0.3) is 0 Å². The lowest BCUT2D eigenvalue weighted by atomic mass is 9.93. The van der Waals surface area contributed by atoms with Crippen LogP contribution in [-0.2, 0) is 4.74 Å². The van der Waals surface area contributed by atoms with E-state index in [2.05, 4.69) is 10.1 Å². The Labute approximate surface area is 131 Å². The van der Waals surface area contributed by atoms with E-state index in [1.165, 1.54) is 0 Å². The van der Waals surface area contributed by atoms with Gasteiger partial charge in [0, 0.05) is 25.0 Å². The van der Waals surface area contributed by atoms with Crippen LogP contribution < -0.4 is 5.73 Å². The van der Waals surface area contributed by atoms with Gasteiger partial charge in [0.15, 0.2) is 5.82 Å². The normalized spacial score (nSPS) is 23.0. The number of likely N-dealkylation sites (tertiary alicyclic amines) is 1. The van der Waals surface area contributed by atoms with Crippen LogP contribution in [0.3, 0.4) is 0 Å². The van der Waals surface area contributed by atoms with Gasteiger partial charge in [0.2, 0.25) is 5.89 Å². The van der Waals surface area contributed by atoms with Crippen molar-refractivity contribution in [3.8, 4) is 0 Å². The first kappa shape index (κ1) is 16.7. The van der Waals surface area contributed by atoms with Gasteiger partial charge in [-0.1, -0.05) is 19.0 Å². The lowest BCUT2D eigenvalue weighted by Crippen LogP contribution is -2.49. The summed E-state index contributed by atoms with van der Waals surface area (Å²) < 4.78 is 10.8. The molecule has 1 aromatic rings. The Kier molecular flexibility index (Phi) is 4.75. The Morgan fingerprint density at radius 1 is 1.45 bits per heavy atom. The first-order chi connectivity index (χ1) is 10.2. The van der Waals surface area contributed by atoms with Crippen molar-refractivity contribution in [2.75, 3.05) is 13.1 Å². The number of ether oxygens (including phenoxy) is 1. The maximum Gasteiger partial charge on any atom is 0.410 e. The number of amides is 1. The molecule has 0 unspecified atom stereocenters. The summed E-state index contributed by atoms with van der Waals surface area (Å²) >= 11 is 0. The van der Waals surface area contributed by atoms with Crippen molar-refractivity contribution in [1.82, 2.24) is 15.0 Å². The molecule has 2 N–H and O–H groups in total. The van der Waals surface area contributed by atoms with E-state index in [0.29, 0.717) is 31.2 Å². The van der Waals surface area contributed by atoms with Gasteiger partial charge in [0.05, 0.1) is 5.92 Å². The molecular formula is C15H26N4O3. The lowest BCUT2D eigenvalue weighted by molar-refractivity contribution is 0.0175. The van der Waals surface area contributed by atoms with Gasteiger partial charge in [-0.2, -0.15) is 4.98 Å². The standard InChI is InChI=1S/C15H26N4O3/c1-9(2)12-17-13(22-18-12)10-8-19(7-6-11(10)16)14(20)21-15(3,4)5/h9-11H,6-8,16H2,1-5H3/t10-,11-/m1/s1. The Balaban J connectivity index is 2.09. The molecule has 7 heteroatoms. The maximum atomic E-state index is 12.2. The Hall–Kier alpha value is -1.63. The molecule has 2 atom stereocenters. The fourth-order valence-electron chi connectivity index (χ4n) is 2.36. The zero-order chi connectivity index (χ0) is 16.5. The van der Waals surface area contributed by atoms with Gasteiger partial charge < -0.3 is 19.9 Å². The zero-order valence-electron chi connectivity index (χ0n) is 14.0. The predicted molar refractivity (Wildman–Crippen MR) is 81.5 cm³/mol. The molecule has 1 fully saturated rings. The molecule has 1 amide bonds. The minimum atomic E-state index is -0.512. The molecule has 0 aliphatic carbocycles. The summed E-state index contributed by atoms with van der Waals surface area (Å²) in [6, 6.07) is -0.0980. The summed E-state index contributed by atoms with van der Waals surface area (Å²) in [6.07, 6.45) is 0.358. The van der Waals surface area contributed by atoms with Crippen molar-refractivity contribution in [3.63, 3.8) is 0 Å². The number of nitrogens with two attached hydrogens (primary N) is 1. The minimum absolute atomic E-state index is 0.0980. The summed E-state index contributed by atoms with van der Waals surface area (Å²) in [7, 11) is 0. The van der Waals surface area contributed by atoms with Crippen molar-refractivity contribution >= 4 is 6.09 Å². The molecule has 1 aliphatic rings. The number of rotatable bonds is 2. The first-order valence-electron chi connectivity index (χ1n) is 7.74. The molecule has 1 aromatic heterocycles. The molecule has 1 aliphatic heterocycles. The van der Waals surface area contributed by atoms with E-state index in [9.17, 15) is 4.79 Å². The number of carbonyl (C=O) groups is 1. The zero-order valence-corrected chi connectivity index (χ0v) is 14.0. The average molecular weight is 310 g/mol. The maximum absolute atomic E-state index is 12.2. The third-order valence-electron chi connectivity index (χ3n) is 3.61. The monoisotopic (exact) mass is 310 g/mol. The molecule has 0 saturated carbocycles. The van der Waals surface area contributed by atoms with Gasteiger partial charge >= 0.3 is 6.09 Å². The van der Waals surface area contributed by atoms with E-state index in [1.54, 1.807) is 4.90 Å². The largest absolute Gasteiger partial charge is 0.444 e. The summed E-state index contributed by atoms with van der Waals surface area (Å²) in [5.41, 5.74) is 5.67. The molecule has 0 radical (unpaired) electrons. The van der Waals surface area contributed by atoms with Crippen molar-refractivity contribution in [2.45, 2.75) is 64.5 Å². The van der Waals surface area contributed by atoms with Gasteiger partial charge in [-0.05, 0) is 27.2 Å². The van der Waals surface area contributed by atoms with Crippen LogP contribution >= 0.6 is 0 Å². The highest BCUT2D eigenvalue weighted by atomic mass is 16.6. The number of aromatic nitrogens is 2. The van der Waals surface area contributed by atoms with Crippen molar-refractivity contribution in [3.05, 3.63) is 11.7 Å². The molecule has 0 bridgehead atoms. The predicted octanol–water partition coefficient (Wildman–Crippen LogP) is 2.24. The van der Waals surface area contributed by atoms with Gasteiger partial charge in [0.25, 0.3) is 0 Å². The average Bonchev–Trinajstić information content (AvgIpc) is 2.86. The number of hydrogen-bond acceptors (Lipinski definition) is 6. The topological polar surface area (TPSA) is 94.5 Å². The van der Waals surface area contributed by atoms with E-state index in [-0.39, 0.29) is 24.0 Å². The Morgan fingerprint density at radius 2 is 2.14 bits per heavy atom. The van der Waals surface area contributed by atoms with E-state index < -0.39 is 5.60 Å². The van der Waals surface area contributed by atoms with Gasteiger partial charge in [0.1, 0.15) is 5.60 Å². The summed E-state index contributed by atoms with van der Waals surface area (Å²) in [5.74, 6) is 1.21. The SMILES string of the molecule is CC(C)c1noc([C@@H]2CN(C(=O)OC(C)(C)C)CC[C@H]2N)n1. The second-order valence-electron chi connectivity index (χ2n) is 7.13. The fraction of sp³-hybridized carbons (Fsp3) is 0.800. The highest BCUT2D eigenvalue weighted by Crippen LogP contribution is 2.27. The highest BCUT2D eigenvalue weighted by Gasteiger charge is 2.35. The second kappa shape index (κ2) is 6.24. The van der Waals surface area contributed by atoms with E-state index >= 15 is 0 Å². The van der Waals surface area contributed by atoms with Crippen LogP contribution in [0.2, 0.25) is 0 Å². The minimum Gasteiger partial charge on any atom is -0.444 e. The fourth-order valence-corrected chi connectivity index (χ4v) is 2.36. The Morgan fingerprint density at radius 3 is 2.68 bits per heavy atom. The van der Waals surface area contributed by atoms with Crippen molar-refractivity contribution < 1.29 is 14.1 Å². The quantitative estimate of drug-likeness (QED) is 0.900. The van der Waals surface area contributed by atoms with Crippen molar-refractivity contribution in [1.29, 1.82) is 0 Å². The summed E-state index contributed by atoms with van der Waals surface area (Å²) in [5, 5.41) is 3.98. The molecule has 22 heavy (non-hydrogen) atoms. The van der Waals surface area contributed by atoms with E-state index in [1.807, 2.05) is 34.6 Å². The summed E-state index contributed by atoms with van der Waals surface area (Å²) in [6.45, 7) is 10.6. The molecule has 7 nitrogen and oxygen atoms in total. The van der Waals surface area contributed by atoms with Crippen LogP contribution in [0.4, 0.5) is 4.79 Å². The molecule has 1 saturated heterocycles. The van der Waals surface area contributed by atoms with Crippen molar-refractivity contribution in [2.24, 2.45) is 5.73 Å². The molecule has 2 rings (SSSR count). The lowest BCUT2D eigenvalue weighted by Gasteiger charge is -2.35. The highest BCUT2D eigenvalue weighted by molar-refractivity contribution is 5.68. The van der Waals surface area contributed by atoms with Crippen LogP contribution in [0.5, 0.6) is 0 Å². The molecule has 0 aromatic carbocycles. The smallest absolute Gasteiger partial charge is 0.410 e. The van der Waals surface area contributed by atoms with Gasteiger partial charge in [-0.15, -0.1) is 0 Å². The third kappa shape index (κ3) is 3.97. The number of hydrogen-bond donors (Lipinski definition) is 1. The molecule has 124 valence electrons. The van der Waals surface area contributed by atoms with E-state index in [4.69, 9.17) is 15.0 Å². The van der Waals surface area contributed by atoms with Gasteiger partial charge in [-0.3, -0.25) is 0 Å². The van der Waals surface area contributed by atoms with Crippen LogP contribution in [-0.4, -0.2) is 45.9 Å².